The molecule has 0 aromatic rings. The molecule has 0 aromatic heterocycles. The van der Waals surface area contributed by atoms with Crippen molar-refractivity contribution in [1.29, 1.82) is 0 Å². The molecule has 0 aromatic carbocycles. The van der Waals surface area contributed by atoms with Crippen LogP contribution in [0, 0.1) is 5.92 Å². The molecule has 0 spiro atoms. The lowest BCUT2D eigenvalue weighted by Crippen LogP contribution is -2.35. The summed E-state index contributed by atoms with van der Waals surface area (Å²) in [7, 11) is 2.02. The summed E-state index contributed by atoms with van der Waals surface area (Å²) in [4.78, 5) is 6.45. The molecule has 1 aliphatic heterocycles. The number of ether oxygens (including phenoxy) is 2. The van der Waals surface area contributed by atoms with Gasteiger partial charge < -0.3 is 20.1 Å². The predicted molar refractivity (Wildman–Crippen MR) is 71.6 cm³/mol. The molecule has 104 valence electrons. The average Bonchev–Trinajstić information content (AvgIpc) is 3.10. The zero-order valence-electron chi connectivity index (χ0n) is 11.3. The van der Waals surface area contributed by atoms with Gasteiger partial charge in [-0.05, 0) is 25.7 Å². The minimum absolute atomic E-state index is 0.597. The Kier molecular flexibility index (Phi) is 5.26. The van der Waals surface area contributed by atoms with Crippen LogP contribution in [-0.4, -0.2) is 56.9 Å². The zero-order chi connectivity index (χ0) is 12.8. The van der Waals surface area contributed by atoms with Crippen LogP contribution in [-0.2, 0) is 9.47 Å². The highest BCUT2D eigenvalue weighted by Gasteiger charge is 2.27. The fourth-order valence-corrected chi connectivity index (χ4v) is 2.09. The van der Waals surface area contributed by atoms with Gasteiger partial charge in [-0.25, -0.2) is 0 Å². The van der Waals surface area contributed by atoms with Crippen LogP contribution in [0.1, 0.15) is 25.7 Å². The molecule has 18 heavy (non-hydrogen) atoms. The van der Waals surface area contributed by atoms with Crippen molar-refractivity contribution >= 4 is 5.96 Å². The second kappa shape index (κ2) is 6.95. The van der Waals surface area contributed by atoms with Gasteiger partial charge in [0, 0.05) is 38.8 Å². The van der Waals surface area contributed by atoms with E-state index in [1.807, 2.05) is 7.05 Å². The van der Waals surface area contributed by atoms with Crippen molar-refractivity contribution < 1.29 is 9.47 Å². The number of aliphatic imine (C=N–C) groups is 1. The molecule has 1 unspecified atom stereocenters. The summed E-state index contributed by atoms with van der Waals surface area (Å²) >= 11 is 0. The van der Waals surface area contributed by atoms with Crippen LogP contribution in [0.2, 0.25) is 0 Å². The van der Waals surface area contributed by atoms with Crippen LogP contribution in [0.3, 0.4) is 0 Å². The molecule has 1 atom stereocenters. The van der Waals surface area contributed by atoms with Crippen LogP contribution in [0.4, 0.5) is 0 Å². The lowest BCUT2D eigenvalue weighted by atomic mass is 10.1. The fourth-order valence-electron chi connectivity index (χ4n) is 2.09. The van der Waals surface area contributed by atoms with Crippen molar-refractivity contribution in [1.82, 2.24) is 4.90 Å². The second-order valence-electron chi connectivity index (χ2n) is 5.24. The SMILES string of the molecule is CN(C(N)=NCCCOCC1CCOC1)C1CC1. The molecular weight excluding hydrogens is 230 g/mol. The maximum atomic E-state index is 5.89. The monoisotopic (exact) mass is 255 g/mol. The number of hydrogen-bond donors (Lipinski definition) is 1. The number of hydrogen-bond acceptors (Lipinski definition) is 3. The summed E-state index contributed by atoms with van der Waals surface area (Å²) in [5.41, 5.74) is 5.89. The normalized spacial score (nSPS) is 24.5. The summed E-state index contributed by atoms with van der Waals surface area (Å²) in [5, 5.41) is 0. The number of nitrogens with two attached hydrogens (primary N) is 1. The van der Waals surface area contributed by atoms with E-state index in [1.165, 1.54) is 12.8 Å². The maximum Gasteiger partial charge on any atom is 0.191 e. The molecule has 5 nitrogen and oxygen atoms in total. The third-order valence-corrected chi connectivity index (χ3v) is 3.55. The highest BCUT2D eigenvalue weighted by Crippen LogP contribution is 2.24. The first kappa shape index (κ1) is 13.6. The maximum absolute atomic E-state index is 5.89. The van der Waals surface area contributed by atoms with Crippen molar-refractivity contribution in [2.75, 3.05) is 40.0 Å². The summed E-state index contributed by atoms with van der Waals surface area (Å²) in [6.45, 7) is 4.09. The average molecular weight is 255 g/mol. The molecule has 0 amide bonds. The van der Waals surface area contributed by atoms with Crippen LogP contribution in [0.15, 0.2) is 4.99 Å². The first-order valence-corrected chi connectivity index (χ1v) is 6.95. The molecular formula is C13H25N3O2. The largest absolute Gasteiger partial charge is 0.381 e. The Bertz CT molecular complexity index is 273. The van der Waals surface area contributed by atoms with E-state index in [4.69, 9.17) is 15.2 Å². The van der Waals surface area contributed by atoms with Gasteiger partial charge in [-0.15, -0.1) is 0 Å². The van der Waals surface area contributed by atoms with Gasteiger partial charge in [0.15, 0.2) is 5.96 Å². The second-order valence-corrected chi connectivity index (χ2v) is 5.24. The van der Waals surface area contributed by atoms with E-state index in [2.05, 4.69) is 9.89 Å². The molecule has 1 heterocycles. The van der Waals surface area contributed by atoms with Gasteiger partial charge in [-0.1, -0.05) is 0 Å². The van der Waals surface area contributed by atoms with Crippen LogP contribution in [0.5, 0.6) is 0 Å². The summed E-state index contributed by atoms with van der Waals surface area (Å²) in [6.07, 6.45) is 4.57. The Balaban J connectivity index is 1.48. The third kappa shape index (κ3) is 4.46. The molecule has 5 heteroatoms. The van der Waals surface area contributed by atoms with E-state index in [1.54, 1.807) is 0 Å². The molecule has 1 saturated heterocycles. The molecule has 2 fully saturated rings. The summed E-state index contributed by atoms with van der Waals surface area (Å²) < 4.78 is 10.9. The smallest absolute Gasteiger partial charge is 0.191 e. The summed E-state index contributed by atoms with van der Waals surface area (Å²) in [5.74, 6) is 1.27. The fraction of sp³-hybridized carbons (Fsp3) is 0.923. The van der Waals surface area contributed by atoms with Gasteiger partial charge in [-0.3, -0.25) is 4.99 Å². The molecule has 1 saturated carbocycles. The Morgan fingerprint density at radius 2 is 2.28 bits per heavy atom. The molecule has 0 bridgehead atoms. The lowest BCUT2D eigenvalue weighted by molar-refractivity contribution is 0.0893. The Morgan fingerprint density at radius 3 is 2.94 bits per heavy atom. The quantitative estimate of drug-likeness (QED) is 0.416. The van der Waals surface area contributed by atoms with Crippen molar-refractivity contribution in [3.8, 4) is 0 Å². The Morgan fingerprint density at radius 1 is 1.44 bits per heavy atom. The van der Waals surface area contributed by atoms with Crippen molar-refractivity contribution in [2.45, 2.75) is 31.7 Å². The van der Waals surface area contributed by atoms with Gasteiger partial charge in [-0.2, -0.15) is 0 Å². The van der Waals surface area contributed by atoms with Gasteiger partial charge in [0.2, 0.25) is 0 Å². The molecule has 2 rings (SSSR count). The number of guanidine groups is 1. The van der Waals surface area contributed by atoms with Crippen molar-refractivity contribution in [2.24, 2.45) is 16.6 Å². The third-order valence-electron chi connectivity index (χ3n) is 3.55. The Labute approximate surface area is 109 Å². The molecule has 2 N–H and O–H groups in total. The van der Waals surface area contributed by atoms with Gasteiger partial charge in [0.1, 0.15) is 0 Å². The van der Waals surface area contributed by atoms with Crippen molar-refractivity contribution in [3.63, 3.8) is 0 Å². The zero-order valence-corrected chi connectivity index (χ0v) is 11.3. The number of nitrogens with zero attached hydrogens (tertiary/aromatic N) is 2. The molecule has 2 aliphatic rings. The van der Waals surface area contributed by atoms with Gasteiger partial charge in [0.25, 0.3) is 0 Å². The highest BCUT2D eigenvalue weighted by molar-refractivity contribution is 5.78. The first-order chi connectivity index (χ1) is 8.77. The van der Waals surface area contributed by atoms with E-state index >= 15 is 0 Å². The van der Waals surface area contributed by atoms with Crippen LogP contribution in [0.25, 0.3) is 0 Å². The predicted octanol–water partition coefficient (Wildman–Crippen LogP) is 0.838. The van der Waals surface area contributed by atoms with E-state index < -0.39 is 0 Å². The van der Waals surface area contributed by atoms with E-state index in [0.717, 1.165) is 45.8 Å². The van der Waals surface area contributed by atoms with Gasteiger partial charge in [0.05, 0.1) is 13.2 Å². The molecule has 0 radical (unpaired) electrons. The summed E-state index contributed by atoms with van der Waals surface area (Å²) in [6, 6.07) is 0.632. The standard InChI is InChI=1S/C13H25N3O2/c1-16(12-3-4-12)13(14)15-6-2-7-17-9-11-5-8-18-10-11/h11-12H,2-10H2,1H3,(H2,14,15). The minimum Gasteiger partial charge on any atom is -0.381 e. The molecule has 1 aliphatic carbocycles. The van der Waals surface area contributed by atoms with Crippen LogP contribution >= 0.6 is 0 Å². The van der Waals surface area contributed by atoms with E-state index in [0.29, 0.717) is 17.9 Å². The van der Waals surface area contributed by atoms with Crippen LogP contribution < -0.4 is 5.73 Å². The lowest BCUT2D eigenvalue weighted by Gasteiger charge is -2.16. The van der Waals surface area contributed by atoms with E-state index in [-0.39, 0.29) is 0 Å². The minimum atomic E-state index is 0.597. The van der Waals surface area contributed by atoms with E-state index in [9.17, 15) is 0 Å². The van der Waals surface area contributed by atoms with Gasteiger partial charge >= 0.3 is 0 Å². The van der Waals surface area contributed by atoms with Crippen molar-refractivity contribution in [3.05, 3.63) is 0 Å². The first-order valence-electron chi connectivity index (χ1n) is 6.95. The number of rotatable bonds is 7. The Hall–Kier alpha value is -0.810. The highest BCUT2D eigenvalue weighted by atomic mass is 16.5. The topological polar surface area (TPSA) is 60.1 Å².